The summed E-state index contributed by atoms with van der Waals surface area (Å²) in [7, 11) is 0. The van der Waals surface area contributed by atoms with Crippen molar-refractivity contribution < 1.29 is 0 Å². The maximum atomic E-state index is 5.82. The first-order chi connectivity index (χ1) is 11.7. The largest absolute Gasteiger partial charge is 0.357 e. The number of piperazine rings is 3. The van der Waals surface area contributed by atoms with Gasteiger partial charge >= 0.3 is 0 Å². The molecule has 1 atom stereocenters. The Kier molecular flexibility index (Phi) is 6.29. The molecule has 3 saturated heterocycles. The molecule has 24 heavy (non-hydrogen) atoms. The summed E-state index contributed by atoms with van der Waals surface area (Å²) in [6.45, 7) is 10.6. The number of hydrogen-bond donors (Lipinski definition) is 2. The van der Waals surface area contributed by atoms with Crippen LogP contribution in [0.2, 0.25) is 5.15 Å². The molecule has 1 unspecified atom stereocenters. The second kappa shape index (κ2) is 8.65. The third-order valence-electron chi connectivity index (χ3n) is 4.69. The number of hydrogen-bond acceptors (Lipinski definition) is 4. The number of guanidine groups is 1. The van der Waals surface area contributed by atoms with Gasteiger partial charge in [-0.05, 0) is 25.0 Å². The third kappa shape index (κ3) is 4.82. The molecule has 132 valence electrons. The van der Waals surface area contributed by atoms with E-state index in [9.17, 15) is 0 Å². The summed E-state index contributed by atoms with van der Waals surface area (Å²) in [4.78, 5) is 14.0. The van der Waals surface area contributed by atoms with Crippen molar-refractivity contribution in [3.05, 3.63) is 29.0 Å². The molecule has 3 aliphatic heterocycles. The van der Waals surface area contributed by atoms with Gasteiger partial charge in [-0.1, -0.05) is 17.7 Å². The fraction of sp³-hybridized carbons (Fsp3) is 0.647. The number of nitrogens with zero attached hydrogens (tertiary/aromatic N) is 4. The molecule has 3 aliphatic rings. The molecule has 0 aliphatic carbocycles. The predicted octanol–water partition coefficient (Wildman–Crippen LogP) is 0.832. The molecule has 0 amide bonds. The Balaban J connectivity index is 1.47. The van der Waals surface area contributed by atoms with Gasteiger partial charge < -0.3 is 10.6 Å². The lowest BCUT2D eigenvalue weighted by atomic mass is 10.1. The Hall–Kier alpha value is -1.37. The Labute approximate surface area is 149 Å². The summed E-state index contributed by atoms with van der Waals surface area (Å²) in [5.74, 6) is 0.900. The van der Waals surface area contributed by atoms with Crippen LogP contribution in [0.25, 0.3) is 0 Å². The summed E-state index contributed by atoms with van der Waals surface area (Å²) in [5, 5.41) is 7.28. The lowest BCUT2D eigenvalue weighted by Crippen LogP contribution is -2.62. The highest BCUT2D eigenvalue weighted by Gasteiger charge is 2.31. The van der Waals surface area contributed by atoms with Crippen molar-refractivity contribution >= 4 is 17.6 Å². The summed E-state index contributed by atoms with van der Waals surface area (Å²) in [6.07, 6.45) is 2.73. The van der Waals surface area contributed by atoms with Crippen molar-refractivity contribution in [2.75, 3.05) is 52.4 Å². The lowest BCUT2D eigenvalue weighted by Gasteiger charge is -2.47. The quantitative estimate of drug-likeness (QED) is 0.452. The van der Waals surface area contributed by atoms with Gasteiger partial charge in [0.2, 0.25) is 0 Å². The van der Waals surface area contributed by atoms with E-state index in [0.717, 1.165) is 38.6 Å². The molecule has 0 spiro atoms. The number of halogens is 1. The van der Waals surface area contributed by atoms with Crippen LogP contribution in [0, 0.1) is 0 Å². The Morgan fingerprint density at radius 2 is 2.12 bits per heavy atom. The van der Waals surface area contributed by atoms with Crippen LogP contribution in [0.3, 0.4) is 0 Å². The van der Waals surface area contributed by atoms with Crippen LogP contribution < -0.4 is 10.6 Å². The van der Waals surface area contributed by atoms with Gasteiger partial charge in [0, 0.05) is 58.1 Å². The zero-order valence-electron chi connectivity index (χ0n) is 14.3. The van der Waals surface area contributed by atoms with Crippen molar-refractivity contribution in [2.45, 2.75) is 19.4 Å². The summed E-state index contributed by atoms with van der Waals surface area (Å²) in [6, 6.07) is 4.41. The Morgan fingerprint density at radius 1 is 1.29 bits per heavy atom. The molecular weight excluding hydrogens is 324 g/mol. The first kappa shape index (κ1) is 17.5. The standard InChI is InChI=1S/C17H27ClN6/c1-2-19-17(20-6-5-14-3-4-16(18)21-11-14)22-12-15-13-23-7-9-24(15)10-8-23/h3-4,11,15H,2,5-10,12-13H2,1H3,(H2,19,20,22). The number of pyridine rings is 1. The van der Waals surface area contributed by atoms with Gasteiger partial charge in [-0.3, -0.25) is 14.8 Å². The average molecular weight is 351 g/mol. The maximum absolute atomic E-state index is 5.82. The molecule has 4 rings (SSSR count). The highest BCUT2D eigenvalue weighted by molar-refractivity contribution is 6.29. The van der Waals surface area contributed by atoms with E-state index in [2.05, 4.69) is 32.3 Å². The third-order valence-corrected chi connectivity index (χ3v) is 4.91. The van der Waals surface area contributed by atoms with Gasteiger partial charge in [-0.25, -0.2) is 4.98 Å². The second-order valence-corrected chi connectivity index (χ2v) is 6.76. The highest BCUT2D eigenvalue weighted by Crippen LogP contribution is 2.15. The molecule has 1 aromatic heterocycles. The highest BCUT2D eigenvalue weighted by atomic mass is 35.5. The van der Waals surface area contributed by atoms with Crippen LogP contribution in [-0.4, -0.2) is 79.1 Å². The van der Waals surface area contributed by atoms with Crippen LogP contribution in [0.1, 0.15) is 12.5 Å². The van der Waals surface area contributed by atoms with E-state index in [4.69, 9.17) is 16.6 Å². The van der Waals surface area contributed by atoms with E-state index in [-0.39, 0.29) is 0 Å². The van der Waals surface area contributed by atoms with Crippen LogP contribution in [0.5, 0.6) is 0 Å². The lowest BCUT2D eigenvalue weighted by molar-refractivity contribution is 0.0174. The average Bonchev–Trinajstić information content (AvgIpc) is 2.62. The van der Waals surface area contributed by atoms with Crippen molar-refractivity contribution in [2.24, 2.45) is 4.99 Å². The molecule has 6 nitrogen and oxygen atoms in total. The zero-order chi connectivity index (χ0) is 16.8. The number of fused-ring (bicyclic) bond motifs is 3. The van der Waals surface area contributed by atoms with Gasteiger partial charge in [0.05, 0.1) is 6.54 Å². The van der Waals surface area contributed by atoms with E-state index in [0.29, 0.717) is 11.2 Å². The normalized spacial score (nSPS) is 26.4. The van der Waals surface area contributed by atoms with Crippen molar-refractivity contribution in [3.8, 4) is 0 Å². The van der Waals surface area contributed by atoms with Crippen molar-refractivity contribution in [3.63, 3.8) is 0 Å². The molecule has 2 N–H and O–H groups in total. The van der Waals surface area contributed by atoms with E-state index in [1.165, 1.54) is 31.7 Å². The molecule has 3 fully saturated rings. The van der Waals surface area contributed by atoms with E-state index in [1.54, 1.807) is 0 Å². The van der Waals surface area contributed by atoms with E-state index < -0.39 is 0 Å². The monoisotopic (exact) mass is 350 g/mol. The van der Waals surface area contributed by atoms with Crippen LogP contribution in [0.15, 0.2) is 23.3 Å². The molecule has 0 aromatic carbocycles. The Bertz CT molecular complexity index is 539. The fourth-order valence-corrected chi connectivity index (χ4v) is 3.43. The number of aromatic nitrogens is 1. The van der Waals surface area contributed by atoms with Crippen molar-refractivity contribution in [1.29, 1.82) is 0 Å². The molecule has 0 saturated carbocycles. The zero-order valence-corrected chi connectivity index (χ0v) is 15.1. The van der Waals surface area contributed by atoms with Gasteiger partial charge in [-0.2, -0.15) is 0 Å². The molecule has 7 heteroatoms. The fourth-order valence-electron chi connectivity index (χ4n) is 3.32. The van der Waals surface area contributed by atoms with E-state index in [1.807, 2.05) is 18.3 Å². The second-order valence-electron chi connectivity index (χ2n) is 6.38. The van der Waals surface area contributed by atoms with Gasteiger partial charge in [0.25, 0.3) is 0 Å². The first-order valence-corrected chi connectivity index (χ1v) is 9.21. The number of nitrogens with one attached hydrogen (secondary N) is 2. The molecular formula is C17H27ClN6. The minimum absolute atomic E-state index is 0.536. The van der Waals surface area contributed by atoms with Crippen LogP contribution in [0.4, 0.5) is 0 Å². The number of rotatable bonds is 6. The van der Waals surface area contributed by atoms with Crippen molar-refractivity contribution in [1.82, 2.24) is 25.4 Å². The summed E-state index contributed by atoms with van der Waals surface area (Å²) < 4.78 is 0. The Morgan fingerprint density at radius 3 is 2.75 bits per heavy atom. The van der Waals surface area contributed by atoms with Gasteiger partial charge in [0.1, 0.15) is 5.15 Å². The van der Waals surface area contributed by atoms with E-state index >= 15 is 0 Å². The minimum atomic E-state index is 0.536. The van der Waals surface area contributed by atoms with Gasteiger partial charge in [-0.15, -0.1) is 0 Å². The molecule has 1 aromatic rings. The molecule has 2 bridgehead atoms. The summed E-state index contributed by atoms with van der Waals surface area (Å²) >= 11 is 5.82. The smallest absolute Gasteiger partial charge is 0.191 e. The minimum Gasteiger partial charge on any atom is -0.357 e. The predicted molar refractivity (Wildman–Crippen MR) is 98.7 cm³/mol. The maximum Gasteiger partial charge on any atom is 0.191 e. The van der Waals surface area contributed by atoms with Crippen LogP contribution >= 0.6 is 11.6 Å². The summed E-state index contributed by atoms with van der Waals surface area (Å²) in [5.41, 5.74) is 1.17. The first-order valence-electron chi connectivity index (χ1n) is 8.83. The molecule has 0 radical (unpaired) electrons. The van der Waals surface area contributed by atoms with Gasteiger partial charge in [0.15, 0.2) is 5.96 Å². The van der Waals surface area contributed by atoms with Crippen LogP contribution in [-0.2, 0) is 6.42 Å². The SMILES string of the molecule is CCNC(=NCC1CN2CCN1CC2)NCCc1ccc(Cl)nc1. The topological polar surface area (TPSA) is 55.8 Å². The molecule has 4 heterocycles. The number of aliphatic imine (C=N–C) groups is 1.